The van der Waals surface area contributed by atoms with E-state index in [9.17, 15) is 14.1 Å². The van der Waals surface area contributed by atoms with Crippen molar-refractivity contribution in [1.29, 1.82) is 0 Å². The number of hydrogen-bond donors (Lipinski definition) is 1. The van der Waals surface area contributed by atoms with Gasteiger partial charge < -0.3 is 28.9 Å². The molecule has 4 rings (SSSR count). The Morgan fingerprint density at radius 3 is 2.36 bits per heavy atom. The number of aryl methyl sites for hydroxylation is 1. The van der Waals surface area contributed by atoms with Crippen molar-refractivity contribution in [3.8, 4) is 17.2 Å². The van der Waals surface area contributed by atoms with E-state index in [0.29, 0.717) is 52.4 Å². The zero-order chi connectivity index (χ0) is 34.5. The Kier molecular flexibility index (Phi) is 11.5. The van der Waals surface area contributed by atoms with Gasteiger partial charge in [-0.1, -0.05) is 26.8 Å². The van der Waals surface area contributed by atoms with Crippen LogP contribution in [0.5, 0.6) is 17.2 Å². The number of amides is 1. The van der Waals surface area contributed by atoms with Gasteiger partial charge in [0.2, 0.25) is 0 Å². The Bertz CT molecular complexity index is 1570. The van der Waals surface area contributed by atoms with E-state index in [1.54, 1.807) is 56.5 Å². The number of pyridine rings is 1. The molecule has 47 heavy (non-hydrogen) atoms. The number of nitrogens with zero attached hydrogens (tertiary/aromatic N) is 2. The van der Waals surface area contributed by atoms with Gasteiger partial charge in [0.25, 0.3) is 5.91 Å². The number of methoxy groups -OCH3 is 1. The SMILES string of the molecule is COc1c(NC(=O)c2ccc(C)c(Oc3ccnc(CC4CCN(OC(=O)OC(C)(C)C)CC4)c3)c2)cc(C(C)(C)C)cc1[S+](C)[O-]. The molecule has 1 N–H and O–H groups in total. The number of aromatic nitrogens is 1. The van der Waals surface area contributed by atoms with Gasteiger partial charge in [-0.25, -0.2) is 4.79 Å². The van der Waals surface area contributed by atoms with Crippen molar-refractivity contribution in [2.45, 2.75) is 83.6 Å². The summed E-state index contributed by atoms with van der Waals surface area (Å²) in [7, 11) is 1.50. The molecule has 0 spiro atoms. The first kappa shape index (κ1) is 36.0. The van der Waals surface area contributed by atoms with Crippen molar-refractivity contribution in [3.05, 3.63) is 71.0 Å². The van der Waals surface area contributed by atoms with Crippen molar-refractivity contribution in [1.82, 2.24) is 10.0 Å². The standard InChI is InChI=1S/C36H47N3O7S/c1-23-10-11-25(33(40)38-29-20-26(35(2,3)4)21-31(47(9)42)32(29)43-8)19-30(23)44-28-12-15-37-27(22-28)18-24-13-16-39(17-14-24)46-34(41)45-36(5,6)7/h10-12,15,19-22,24H,13-14,16-18H2,1-9H3,(H,38,40). The lowest BCUT2D eigenvalue weighted by Crippen LogP contribution is -2.38. The van der Waals surface area contributed by atoms with Gasteiger partial charge in [0.15, 0.2) is 10.6 Å². The maximum absolute atomic E-state index is 13.5. The number of benzene rings is 2. The summed E-state index contributed by atoms with van der Waals surface area (Å²) in [5.74, 6) is 1.58. The Balaban J connectivity index is 1.43. The highest BCUT2D eigenvalue weighted by atomic mass is 32.2. The number of anilines is 1. The maximum Gasteiger partial charge on any atom is 0.528 e. The highest BCUT2D eigenvalue weighted by Crippen LogP contribution is 2.38. The quantitative estimate of drug-likeness (QED) is 0.182. The van der Waals surface area contributed by atoms with Crippen molar-refractivity contribution in [2.24, 2.45) is 5.92 Å². The van der Waals surface area contributed by atoms with Gasteiger partial charge >= 0.3 is 6.16 Å². The molecule has 0 aliphatic carbocycles. The van der Waals surface area contributed by atoms with Crippen LogP contribution >= 0.6 is 0 Å². The topological polar surface area (TPSA) is 122 Å². The number of piperidine rings is 1. The minimum Gasteiger partial charge on any atom is -0.612 e. The van der Waals surface area contributed by atoms with Gasteiger partial charge in [-0.3, -0.25) is 9.78 Å². The molecule has 10 nitrogen and oxygen atoms in total. The molecule has 3 aromatic rings. The molecular weight excluding hydrogens is 618 g/mol. The van der Waals surface area contributed by atoms with Crippen LogP contribution in [0.4, 0.5) is 10.5 Å². The van der Waals surface area contributed by atoms with Crippen molar-refractivity contribution < 1.29 is 33.2 Å². The van der Waals surface area contributed by atoms with E-state index in [1.165, 1.54) is 7.11 Å². The molecule has 0 bridgehead atoms. The van der Waals surface area contributed by atoms with E-state index in [-0.39, 0.29) is 11.3 Å². The Morgan fingerprint density at radius 1 is 1.04 bits per heavy atom. The third-order valence-corrected chi connectivity index (χ3v) is 8.74. The predicted octanol–water partition coefficient (Wildman–Crippen LogP) is 7.60. The van der Waals surface area contributed by atoms with E-state index in [2.05, 4.69) is 31.1 Å². The van der Waals surface area contributed by atoms with Crippen LogP contribution in [0.15, 0.2) is 53.6 Å². The van der Waals surface area contributed by atoms with Crippen LogP contribution < -0.4 is 14.8 Å². The van der Waals surface area contributed by atoms with Gasteiger partial charge in [0.05, 0.1) is 12.8 Å². The van der Waals surface area contributed by atoms with Crippen molar-refractivity contribution in [3.63, 3.8) is 0 Å². The highest BCUT2D eigenvalue weighted by Gasteiger charge is 2.27. The lowest BCUT2D eigenvalue weighted by molar-refractivity contribution is -0.155. The third-order valence-electron chi connectivity index (χ3n) is 7.81. The Hall–Kier alpha value is -3.80. The summed E-state index contributed by atoms with van der Waals surface area (Å²) in [5, 5.41) is 4.63. The zero-order valence-electron chi connectivity index (χ0n) is 28.9. The lowest BCUT2D eigenvalue weighted by atomic mass is 9.86. The minimum atomic E-state index is -1.32. The molecule has 1 aliphatic rings. The zero-order valence-corrected chi connectivity index (χ0v) is 29.7. The second-order valence-electron chi connectivity index (χ2n) is 13.9. The summed E-state index contributed by atoms with van der Waals surface area (Å²) in [4.78, 5) is 36.0. The molecule has 2 heterocycles. The summed E-state index contributed by atoms with van der Waals surface area (Å²) >= 11 is -1.32. The molecule has 11 heteroatoms. The van der Waals surface area contributed by atoms with Gasteiger partial charge in [-0.15, -0.1) is 5.06 Å². The summed E-state index contributed by atoms with van der Waals surface area (Å²) < 4.78 is 29.7. The number of hydrogen-bond acceptors (Lipinski definition) is 9. The average Bonchev–Trinajstić information content (AvgIpc) is 2.97. The van der Waals surface area contributed by atoms with Crippen LogP contribution in [0.3, 0.4) is 0 Å². The van der Waals surface area contributed by atoms with E-state index < -0.39 is 22.9 Å². The number of nitrogens with one attached hydrogen (secondary N) is 1. The summed E-state index contributed by atoms with van der Waals surface area (Å²) in [5.41, 5.74) is 2.72. The molecule has 1 fully saturated rings. The van der Waals surface area contributed by atoms with Gasteiger partial charge in [-0.05, 0) is 105 Å². The molecule has 1 atom stereocenters. The fraction of sp³-hybridized carbons (Fsp3) is 0.472. The second-order valence-corrected chi connectivity index (χ2v) is 15.3. The average molecular weight is 666 g/mol. The fourth-order valence-corrected chi connectivity index (χ4v) is 5.98. The van der Waals surface area contributed by atoms with Crippen molar-refractivity contribution in [2.75, 3.05) is 31.8 Å². The molecule has 2 aromatic carbocycles. The third kappa shape index (κ3) is 10.1. The molecule has 1 amide bonds. The number of hydroxylamine groups is 2. The fourth-order valence-electron chi connectivity index (χ4n) is 5.23. The van der Waals surface area contributed by atoms with Crippen LogP contribution in [0.1, 0.15) is 81.6 Å². The molecule has 1 aromatic heterocycles. The number of rotatable bonds is 9. The van der Waals surface area contributed by atoms with Gasteiger partial charge in [0.1, 0.15) is 23.4 Å². The number of carbonyl (C=O) groups is 2. The second kappa shape index (κ2) is 15.0. The van der Waals surface area contributed by atoms with E-state index in [0.717, 1.165) is 36.1 Å². The van der Waals surface area contributed by atoms with Gasteiger partial charge in [0, 0.05) is 42.7 Å². The summed E-state index contributed by atoms with van der Waals surface area (Å²) in [6.45, 7) is 14.8. The smallest absolute Gasteiger partial charge is 0.528 e. The molecule has 0 radical (unpaired) electrons. The molecule has 0 saturated carbocycles. The minimum absolute atomic E-state index is 0.234. The lowest BCUT2D eigenvalue weighted by Gasteiger charge is -2.30. The predicted molar refractivity (Wildman–Crippen MR) is 183 cm³/mol. The van der Waals surface area contributed by atoms with Crippen LogP contribution in [0.25, 0.3) is 0 Å². The molecule has 1 unspecified atom stereocenters. The molecule has 1 aliphatic heterocycles. The normalized spacial score (nSPS) is 15.1. The van der Waals surface area contributed by atoms with Gasteiger partial charge in [-0.2, -0.15) is 0 Å². The first-order valence-corrected chi connectivity index (χ1v) is 17.3. The summed E-state index contributed by atoms with van der Waals surface area (Å²) in [6.07, 6.45) is 5.10. The van der Waals surface area contributed by atoms with Crippen LogP contribution in [-0.2, 0) is 32.6 Å². The first-order chi connectivity index (χ1) is 22.0. The molecule has 254 valence electrons. The van der Waals surface area contributed by atoms with E-state index in [4.69, 9.17) is 19.0 Å². The van der Waals surface area contributed by atoms with Crippen LogP contribution in [-0.4, -0.2) is 58.7 Å². The highest BCUT2D eigenvalue weighted by molar-refractivity contribution is 7.90. The largest absolute Gasteiger partial charge is 0.612 e. The number of carbonyl (C=O) groups excluding carboxylic acids is 2. The molecule has 1 saturated heterocycles. The first-order valence-electron chi connectivity index (χ1n) is 15.8. The van der Waals surface area contributed by atoms with E-state index in [1.807, 2.05) is 31.2 Å². The number of ether oxygens (including phenoxy) is 3. The summed E-state index contributed by atoms with van der Waals surface area (Å²) in [6, 6.07) is 12.8. The van der Waals surface area contributed by atoms with Crippen LogP contribution in [0.2, 0.25) is 0 Å². The van der Waals surface area contributed by atoms with Crippen molar-refractivity contribution >= 4 is 28.9 Å². The Morgan fingerprint density at radius 2 is 1.74 bits per heavy atom. The Labute approximate surface area is 281 Å². The van der Waals surface area contributed by atoms with Crippen LogP contribution in [0, 0.1) is 12.8 Å². The van der Waals surface area contributed by atoms with E-state index >= 15 is 0 Å². The molecular formula is C36H47N3O7S. The monoisotopic (exact) mass is 665 g/mol. The maximum atomic E-state index is 13.5.